The fourth-order valence-corrected chi connectivity index (χ4v) is 3.49. The SMILES string of the molecule is CCCCC(=O)CCSSCCC(=O)CCCC. The van der Waals surface area contributed by atoms with Gasteiger partial charge in [0.15, 0.2) is 0 Å². The van der Waals surface area contributed by atoms with Crippen LogP contribution in [0, 0.1) is 0 Å². The first-order valence-electron chi connectivity index (χ1n) is 6.98. The molecule has 0 amide bonds. The molecule has 0 saturated heterocycles. The smallest absolute Gasteiger partial charge is 0.133 e. The molecular formula is C14H26O2S2. The van der Waals surface area contributed by atoms with E-state index in [1.165, 1.54) is 0 Å². The molecule has 0 bridgehead atoms. The van der Waals surface area contributed by atoms with Crippen molar-refractivity contribution in [3.8, 4) is 0 Å². The number of rotatable bonds is 13. The average molecular weight is 290 g/mol. The lowest BCUT2D eigenvalue weighted by Crippen LogP contribution is -1.99. The summed E-state index contributed by atoms with van der Waals surface area (Å²) < 4.78 is 0. The van der Waals surface area contributed by atoms with Gasteiger partial charge in [0.25, 0.3) is 0 Å². The molecule has 0 heterocycles. The van der Waals surface area contributed by atoms with Gasteiger partial charge in [0.1, 0.15) is 11.6 Å². The third kappa shape index (κ3) is 12.5. The monoisotopic (exact) mass is 290 g/mol. The molecule has 0 aromatic heterocycles. The van der Waals surface area contributed by atoms with Crippen molar-refractivity contribution in [1.29, 1.82) is 0 Å². The van der Waals surface area contributed by atoms with Gasteiger partial charge in [-0.05, 0) is 12.8 Å². The van der Waals surface area contributed by atoms with Gasteiger partial charge in [-0.15, -0.1) is 0 Å². The van der Waals surface area contributed by atoms with Crippen molar-refractivity contribution < 1.29 is 9.59 Å². The number of unbranched alkanes of at least 4 members (excludes halogenated alkanes) is 2. The topological polar surface area (TPSA) is 34.1 Å². The van der Waals surface area contributed by atoms with Crippen LogP contribution in [0.15, 0.2) is 0 Å². The highest BCUT2D eigenvalue weighted by Gasteiger charge is 2.03. The zero-order valence-electron chi connectivity index (χ0n) is 11.7. The Morgan fingerprint density at radius 3 is 1.44 bits per heavy atom. The van der Waals surface area contributed by atoms with Gasteiger partial charge >= 0.3 is 0 Å². The molecule has 0 atom stereocenters. The predicted octanol–water partition coefficient (Wildman–Crippen LogP) is 4.67. The van der Waals surface area contributed by atoms with Gasteiger partial charge < -0.3 is 0 Å². The maximum Gasteiger partial charge on any atom is 0.133 e. The summed E-state index contributed by atoms with van der Waals surface area (Å²) in [6.45, 7) is 4.21. The van der Waals surface area contributed by atoms with Gasteiger partial charge in [0.2, 0.25) is 0 Å². The Morgan fingerprint density at radius 1 is 0.722 bits per heavy atom. The molecule has 4 heteroatoms. The van der Waals surface area contributed by atoms with Gasteiger partial charge in [0.05, 0.1) is 0 Å². The molecule has 0 radical (unpaired) electrons. The number of hydrogen-bond acceptors (Lipinski definition) is 4. The van der Waals surface area contributed by atoms with Gasteiger partial charge in [0, 0.05) is 37.2 Å². The Balaban J connectivity index is 3.25. The molecular weight excluding hydrogens is 264 g/mol. The molecule has 0 spiro atoms. The van der Waals surface area contributed by atoms with E-state index in [1.807, 2.05) is 0 Å². The lowest BCUT2D eigenvalue weighted by Gasteiger charge is -2.01. The molecule has 0 aromatic carbocycles. The highest BCUT2D eigenvalue weighted by atomic mass is 33.1. The fourth-order valence-electron chi connectivity index (χ4n) is 1.43. The Labute approximate surface area is 119 Å². The first-order chi connectivity index (χ1) is 8.70. The van der Waals surface area contributed by atoms with Crippen LogP contribution in [-0.2, 0) is 9.59 Å². The zero-order chi connectivity index (χ0) is 13.6. The van der Waals surface area contributed by atoms with Crippen molar-refractivity contribution >= 4 is 33.2 Å². The first-order valence-corrected chi connectivity index (χ1v) is 9.47. The summed E-state index contributed by atoms with van der Waals surface area (Å²) in [6, 6.07) is 0. The lowest BCUT2D eigenvalue weighted by atomic mass is 10.1. The Hall–Kier alpha value is 0.0400. The number of hydrogen-bond donors (Lipinski definition) is 0. The maximum atomic E-state index is 11.4. The molecule has 18 heavy (non-hydrogen) atoms. The summed E-state index contributed by atoms with van der Waals surface area (Å²) >= 11 is 0. The highest BCUT2D eigenvalue weighted by molar-refractivity contribution is 8.76. The van der Waals surface area contributed by atoms with Crippen LogP contribution in [0.25, 0.3) is 0 Å². The molecule has 0 saturated carbocycles. The van der Waals surface area contributed by atoms with E-state index in [2.05, 4.69) is 13.8 Å². The van der Waals surface area contributed by atoms with Crippen molar-refractivity contribution in [3.05, 3.63) is 0 Å². The van der Waals surface area contributed by atoms with E-state index in [1.54, 1.807) is 21.6 Å². The summed E-state index contributed by atoms with van der Waals surface area (Å²) in [5.41, 5.74) is 0. The lowest BCUT2D eigenvalue weighted by molar-refractivity contribution is -0.119. The zero-order valence-corrected chi connectivity index (χ0v) is 13.3. The maximum absolute atomic E-state index is 11.4. The largest absolute Gasteiger partial charge is 0.300 e. The second-order valence-electron chi connectivity index (χ2n) is 4.43. The molecule has 0 N–H and O–H groups in total. The Morgan fingerprint density at radius 2 is 1.11 bits per heavy atom. The molecule has 0 rings (SSSR count). The van der Waals surface area contributed by atoms with Crippen LogP contribution >= 0.6 is 21.6 Å². The first kappa shape index (κ1) is 18.0. The van der Waals surface area contributed by atoms with E-state index in [9.17, 15) is 9.59 Å². The number of ketones is 2. The van der Waals surface area contributed by atoms with Crippen molar-refractivity contribution in [3.63, 3.8) is 0 Å². The van der Waals surface area contributed by atoms with Crippen LogP contribution in [0.4, 0.5) is 0 Å². The minimum Gasteiger partial charge on any atom is -0.300 e. The van der Waals surface area contributed by atoms with Crippen LogP contribution in [0.3, 0.4) is 0 Å². The van der Waals surface area contributed by atoms with Gasteiger partial charge in [-0.3, -0.25) is 9.59 Å². The predicted molar refractivity (Wildman–Crippen MR) is 83.2 cm³/mol. The summed E-state index contributed by atoms with van der Waals surface area (Å²) in [4.78, 5) is 22.8. The van der Waals surface area contributed by atoms with E-state index in [4.69, 9.17) is 0 Å². The van der Waals surface area contributed by atoms with E-state index in [0.717, 1.165) is 50.0 Å². The summed E-state index contributed by atoms with van der Waals surface area (Å²) in [5, 5.41) is 0. The van der Waals surface area contributed by atoms with E-state index < -0.39 is 0 Å². The molecule has 0 unspecified atom stereocenters. The van der Waals surface area contributed by atoms with Crippen LogP contribution < -0.4 is 0 Å². The van der Waals surface area contributed by atoms with Crippen LogP contribution in [0.5, 0.6) is 0 Å². The molecule has 106 valence electrons. The summed E-state index contributed by atoms with van der Waals surface area (Å²) in [5.74, 6) is 2.53. The normalized spacial score (nSPS) is 10.6. The minimum absolute atomic E-state index is 0.379. The van der Waals surface area contributed by atoms with E-state index in [-0.39, 0.29) is 0 Å². The number of carbonyl (C=O) groups is 2. The van der Waals surface area contributed by atoms with Gasteiger partial charge in [-0.2, -0.15) is 0 Å². The Bertz CT molecular complexity index is 206. The number of Topliss-reactive ketones (excluding diaryl/α,β-unsaturated/α-hetero) is 2. The molecule has 0 aliphatic heterocycles. The summed E-state index contributed by atoms with van der Waals surface area (Å²) in [7, 11) is 3.45. The van der Waals surface area contributed by atoms with Crippen molar-refractivity contribution in [2.45, 2.75) is 65.2 Å². The highest BCUT2D eigenvalue weighted by Crippen LogP contribution is 2.23. The molecule has 0 aliphatic carbocycles. The molecule has 0 aliphatic rings. The quantitative estimate of drug-likeness (QED) is 0.365. The minimum atomic E-state index is 0.379. The van der Waals surface area contributed by atoms with E-state index in [0.29, 0.717) is 24.4 Å². The van der Waals surface area contributed by atoms with Crippen LogP contribution in [0.2, 0.25) is 0 Å². The third-order valence-corrected chi connectivity index (χ3v) is 5.04. The fraction of sp³-hybridized carbons (Fsp3) is 0.857. The van der Waals surface area contributed by atoms with Crippen molar-refractivity contribution in [2.24, 2.45) is 0 Å². The second kappa shape index (κ2) is 13.5. The van der Waals surface area contributed by atoms with Crippen molar-refractivity contribution in [2.75, 3.05) is 11.5 Å². The molecule has 0 fully saturated rings. The average Bonchev–Trinajstić information content (AvgIpc) is 2.37. The standard InChI is InChI=1S/C14H26O2S2/c1-3-5-7-13(15)9-11-17-18-12-10-14(16)8-6-4-2/h3-12H2,1-2H3. The van der Waals surface area contributed by atoms with Crippen LogP contribution in [-0.4, -0.2) is 23.1 Å². The van der Waals surface area contributed by atoms with Gasteiger partial charge in [-0.1, -0.05) is 48.3 Å². The molecule has 2 nitrogen and oxygen atoms in total. The van der Waals surface area contributed by atoms with Gasteiger partial charge in [-0.25, -0.2) is 0 Å². The number of carbonyl (C=O) groups excluding carboxylic acids is 2. The Kier molecular flexibility index (Phi) is 13.5. The van der Waals surface area contributed by atoms with Crippen molar-refractivity contribution in [1.82, 2.24) is 0 Å². The second-order valence-corrected chi connectivity index (χ2v) is 7.13. The molecule has 0 aromatic rings. The third-order valence-electron chi connectivity index (χ3n) is 2.63. The van der Waals surface area contributed by atoms with Crippen LogP contribution in [0.1, 0.15) is 65.2 Å². The summed E-state index contributed by atoms with van der Waals surface area (Å²) in [6.07, 6.45) is 7.05. The van der Waals surface area contributed by atoms with E-state index >= 15 is 0 Å².